The number of carbonyl (C=O) groups excluding carboxylic acids is 1. The van der Waals surface area contributed by atoms with Crippen LogP contribution in [0, 0.1) is 12.8 Å². The molecule has 4 heteroatoms. The van der Waals surface area contributed by atoms with Crippen molar-refractivity contribution in [3.8, 4) is 0 Å². The maximum absolute atomic E-state index is 12.8. The first kappa shape index (κ1) is 15.2. The van der Waals surface area contributed by atoms with Crippen molar-refractivity contribution >= 4 is 27.3 Å². The van der Waals surface area contributed by atoms with Crippen LogP contribution in [-0.2, 0) is 0 Å². The van der Waals surface area contributed by atoms with Gasteiger partial charge >= 0.3 is 0 Å². The lowest BCUT2D eigenvalue weighted by Crippen LogP contribution is -2.69. The van der Waals surface area contributed by atoms with Crippen LogP contribution >= 0.6 is 11.3 Å². The Balaban J connectivity index is 1.59. The third-order valence-electron chi connectivity index (χ3n) is 5.77. The summed E-state index contributed by atoms with van der Waals surface area (Å²) in [6, 6.07) is 8.67. The van der Waals surface area contributed by atoms with Gasteiger partial charge in [0.2, 0.25) is 0 Å². The maximum Gasteiger partial charge on any atom is 0.261 e. The topological polar surface area (TPSA) is 32.3 Å². The highest BCUT2D eigenvalue weighted by atomic mass is 32.1. The predicted octanol–water partition coefficient (Wildman–Crippen LogP) is 3.81. The third-order valence-corrected chi connectivity index (χ3v) is 6.88. The minimum atomic E-state index is 0.0596. The number of fused-ring (bicyclic) bond motifs is 4. The van der Waals surface area contributed by atoms with Crippen LogP contribution in [0.1, 0.15) is 41.9 Å². The number of nitrogens with zero attached hydrogens (tertiary/aromatic N) is 1. The minimum absolute atomic E-state index is 0.0596. The molecule has 122 valence electrons. The summed E-state index contributed by atoms with van der Waals surface area (Å²) in [7, 11) is 0. The Morgan fingerprint density at radius 2 is 2.00 bits per heavy atom. The Bertz CT molecular complexity index is 756. The summed E-state index contributed by atoms with van der Waals surface area (Å²) in [5.74, 6) is 0.714. The van der Waals surface area contributed by atoms with E-state index in [9.17, 15) is 4.79 Å². The third kappa shape index (κ3) is 2.48. The van der Waals surface area contributed by atoms with Gasteiger partial charge in [-0.1, -0.05) is 17.7 Å². The largest absolute Gasteiger partial charge is 0.346 e. The molecule has 0 radical (unpaired) electrons. The van der Waals surface area contributed by atoms with Crippen molar-refractivity contribution in [3.63, 3.8) is 0 Å². The summed E-state index contributed by atoms with van der Waals surface area (Å²) in [5, 5.41) is 4.54. The molecular weight excluding hydrogens is 304 g/mol. The monoisotopic (exact) mass is 328 g/mol. The van der Waals surface area contributed by atoms with E-state index < -0.39 is 0 Å². The lowest BCUT2D eigenvalue weighted by atomic mass is 9.72. The molecule has 4 heterocycles. The van der Waals surface area contributed by atoms with Gasteiger partial charge in [0.25, 0.3) is 5.91 Å². The first-order chi connectivity index (χ1) is 10.9. The molecule has 5 rings (SSSR count). The van der Waals surface area contributed by atoms with Gasteiger partial charge in [-0.3, -0.25) is 9.69 Å². The molecule has 3 aliphatic rings. The molecule has 3 nitrogen and oxygen atoms in total. The molecule has 0 aliphatic carbocycles. The molecule has 3 saturated heterocycles. The normalized spacial score (nSPS) is 28.9. The van der Waals surface area contributed by atoms with Crippen molar-refractivity contribution in [2.75, 3.05) is 13.1 Å². The van der Waals surface area contributed by atoms with Gasteiger partial charge in [0, 0.05) is 16.3 Å². The average molecular weight is 328 g/mol. The van der Waals surface area contributed by atoms with Crippen LogP contribution in [0.25, 0.3) is 10.1 Å². The summed E-state index contributed by atoms with van der Waals surface area (Å²) >= 11 is 1.60. The van der Waals surface area contributed by atoms with E-state index in [1.54, 1.807) is 11.3 Å². The van der Waals surface area contributed by atoms with E-state index in [-0.39, 0.29) is 17.5 Å². The fourth-order valence-corrected chi connectivity index (χ4v) is 5.31. The highest BCUT2D eigenvalue weighted by Gasteiger charge is 2.48. The number of benzene rings is 1. The molecular formula is C19H24N2OS. The van der Waals surface area contributed by atoms with Crippen LogP contribution in [0.5, 0.6) is 0 Å². The summed E-state index contributed by atoms with van der Waals surface area (Å²) in [6.45, 7) is 8.99. The van der Waals surface area contributed by atoms with Crippen LogP contribution in [-0.4, -0.2) is 35.5 Å². The molecule has 1 unspecified atom stereocenters. The molecule has 1 aromatic carbocycles. The van der Waals surface area contributed by atoms with Gasteiger partial charge in [-0.05, 0) is 70.1 Å². The molecule has 1 amide bonds. The second-order valence-electron chi connectivity index (χ2n) is 7.58. The van der Waals surface area contributed by atoms with Gasteiger partial charge in [-0.15, -0.1) is 11.3 Å². The number of hydrogen-bond acceptors (Lipinski definition) is 3. The van der Waals surface area contributed by atoms with Gasteiger partial charge in [0.1, 0.15) is 0 Å². The fourth-order valence-electron chi connectivity index (χ4n) is 4.36. The Morgan fingerprint density at radius 1 is 1.26 bits per heavy atom. The number of aryl methyl sites for hydroxylation is 1. The smallest absolute Gasteiger partial charge is 0.261 e. The predicted molar refractivity (Wildman–Crippen MR) is 96.2 cm³/mol. The fraction of sp³-hybridized carbons (Fsp3) is 0.526. The Hall–Kier alpha value is -1.39. The molecule has 1 atom stereocenters. The van der Waals surface area contributed by atoms with E-state index >= 15 is 0 Å². The van der Waals surface area contributed by atoms with Crippen molar-refractivity contribution in [2.45, 2.75) is 45.2 Å². The first-order valence-corrected chi connectivity index (χ1v) is 9.33. The Kier molecular flexibility index (Phi) is 3.50. The Labute approximate surface area is 141 Å². The van der Waals surface area contributed by atoms with Gasteiger partial charge in [-0.2, -0.15) is 0 Å². The summed E-state index contributed by atoms with van der Waals surface area (Å²) in [4.78, 5) is 16.2. The number of hydrogen-bond donors (Lipinski definition) is 1. The number of carbonyl (C=O) groups is 1. The molecule has 1 N–H and O–H groups in total. The molecule has 23 heavy (non-hydrogen) atoms. The zero-order chi connectivity index (χ0) is 16.2. The number of nitrogens with one attached hydrogen (secondary N) is 1. The van der Waals surface area contributed by atoms with Crippen molar-refractivity contribution < 1.29 is 4.79 Å². The molecule has 0 spiro atoms. The van der Waals surface area contributed by atoms with Crippen LogP contribution in [0.15, 0.2) is 24.3 Å². The van der Waals surface area contributed by atoms with Crippen molar-refractivity contribution in [2.24, 2.45) is 5.92 Å². The van der Waals surface area contributed by atoms with E-state index in [0.29, 0.717) is 5.92 Å². The van der Waals surface area contributed by atoms with E-state index in [0.717, 1.165) is 4.88 Å². The molecule has 0 saturated carbocycles. The quantitative estimate of drug-likeness (QED) is 0.909. The van der Waals surface area contributed by atoms with E-state index in [2.05, 4.69) is 49.2 Å². The highest BCUT2D eigenvalue weighted by molar-refractivity contribution is 7.20. The maximum atomic E-state index is 12.8. The summed E-state index contributed by atoms with van der Waals surface area (Å²) in [5.41, 5.74) is 1.30. The standard InChI is InChI=1S/C19H24N2OS/c1-12-4-5-15-14(10-12)11-16(23-15)18(22)20-17-13-6-8-21(9-7-13)19(17,2)3/h4-5,10-11,13,17H,6-9H2,1-3H3,(H,20,22). The molecule has 2 aromatic rings. The molecule has 3 fully saturated rings. The van der Waals surface area contributed by atoms with Crippen LogP contribution in [0.2, 0.25) is 0 Å². The number of thiophene rings is 1. The van der Waals surface area contributed by atoms with Crippen LogP contribution in [0.3, 0.4) is 0 Å². The van der Waals surface area contributed by atoms with Gasteiger partial charge in [0.05, 0.1) is 4.88 Å². The Morgan fingerprint density at radius 3 is 2.70 bits per heavy atom. The lowest BCUT2D eigenvalue weighted by molar-refractivity contribution is -0.0377. The highest BCUT2D eigenvalue weighted by Crippen LogP contribution is 2.39. The molecule has 2 bridgehead atoms. The van der Waals surface area contributed by atoms with Crippen molar-refractivity contribution in [1.29, 1.82) is 0 Å². The average Bonchev–Trinajstić information content (AvgIpc) is 2.94. The number of piperidine rings is 3. The van der Waals surface area contributed by atoms with Gasteiger partial charge < -0.3 is 5.32 Å². The lowest BCUT2D eigenvalue weighted by Gasteiger charge is -2.56. The number of rotatable bonds is 2. The first-order valence-electron chi connectivity index (χ1n) is 8.51. The summed E-state index contributed by atoms with van der Waals surface area (Å²) < 4.78 is 1.19. The van der Waals surface area contributed by atoms with Gasteiger partial charge in [0.15, 0.2) is 0 Å². The van der Waals surface area contributed by atoms with Crippen LogP contribution in [0.4, 0.5) is 0 Å². The zero-order valence-corrected chi connectivity index (χ0v) is 14.9. The molecule has 3 aliphatic heterocycles. The van der Waals surface area contributed by atoms with E-state index in [4.69, 9.17) is 0 Å². The van der Waals surface area contributed by atoms with E-state index in [1.807, 2.05) is 6.07 Å². The number of amides is 1. The molecule has 1 aromatic heterocycles. The van der Waals surface area contributed by atoms with E-state index in [1.165, 1.54) is 41.6 Å². The van der Waals surface area contributed by atoms with Crippen LogP contribution < -0.4 is 5.32 Å². The second kappa shape index (κ2) is 5.32. The van der Waals surface area contributed by atoms with Crippen molar-refractivity contribution in [1.82, 2.24) is 10.2 Å². The van der Waals surface area contributed by atoms with Crippen molar-refractivity contribution in [3.05, 3.63) is 34.7 Å². The SMILES string of the molecule is Cc1ccc2sc(C(=O)NC3C4CCN(CC4)C3(C)C)cc2c1. The second-order valence-corrected chi connectivity index (χ2v) is 8.66. The van der Waals surface area contributed by atoms with Gasteiger partial charge in [-0.25, -0.2) is 0 Å². The zero-order valence-electron chi connectivity index (χ0n) is 14.1. The minimum Gasteiger partial charge on any atom is -0.346 e. The summed E-state index contributed by atoms with van der Waals surface area (Å²) in [6.07, 6.45) is 2.42.